The third-order valence-electron chi connectivity index (χ3n) is 2.64. The van der Waals surface area contributed by atoms with E-state index in [1.165, 1.54) is 12.0 Å². The highest BCUT2D eigenvalue weighted by atomic mass is 32.2. The summed E-state index contributed by atoms with van der Waals surface area (Å²) in [6.07, 6.45) is 0. The molecule has 1 saturated heterocycles. The van der Waals surface area contributed by atoms with Gasteiger partial charge in [0.15, 0.2) is 0 Å². The average Bonchev–Trinajstić information content (AvgIpc) is 2.74. The minimum Gasteiger partial charge on any atom is -0.467 e. The lowest BCUT2D eigenvalue weighted by atomic mass is 10.0. The van der Waals surface area contributed by atoms with E-state index in [1.54, 1.807) is 11.8 Å². The van der Waals surface area contributed by atoms with Crippen molar-refractivity contribution in [1.82, 2.24) is 4.90 Å². The monoisotopic (exact) mass is 246 g/mol. The summed E-state index contributed by atoms with van der Waals surface area (Å²) in [5, 5.41) is 0. The molecule has 92 valence electrons. The first-order valence-corrected chi connectivity index (χ1v) is 6.36. The number of amides is 1. The Bertz CT molecular complexity index is 283. The second-order valence-electron chi connectivity index (χ2n) is 4.12. The molecule has 1 rings (SSSR count). The van der Waals surface area contributed by atoms with Gasteiger partial charge >= 0.3 is 5.97 Å². The van der Waals surface area contributed by atoms with Crippen molar-refractivity contribution in [3.63, 3.8) is 0 Å². The fourth-order valence-electron chi connectivity index (χ4n) is 1.47. The van der Waals surface area contributed by atoms with Crippen LogP contribution in [0.3, 0.4) is 0 Å². The molecule has 0 spiro atoms. The van der Waals surface area contributed by atoms with Gasteiger partial charge in [-0.2, -0.15) is 0 Å². The van der Waals surface area contributed by atoms with Crippen LogP contribution in [0.2, 0.25) is 0 Å². The standard InChI is InChI=1S/C10H18N2O3S/c1-6(2)8(11)9(13)12-5-16-4-7(12)10(14)15-3/h6-8H,4-5,11H2,1-3H3/t7-,8-/m0/s1. The summed E-state index contributed by atoms with van der Waals surface area (Å²) in [6, 6.07) is -1.03. The molecule has 6 heteroatoms. The second kappa shape index (κ2) is 5.54. The molecule has 16 heavy (non-hydrogen) atoms. The topological polar surface area (TPSA) is 72.6 Å². The van der Waals surface area contributed by atoms with Gasteiger partial charge in [-0.05, 0) is 5.92 Å². The van der Waals surface area contributed by atoms with Gasteiger partial charge in [0.05, 0.1) is 19.0 Å². The van der Waals surface area contributed by atoms with Crippen molar-refractivity contribution in [3.8, 4) is 0 Å². The predicted octanol–water partition coefficient (Wildman–Crippen LogP) is 0.0442. The Morgan fingerprint density at radius 3 is 2.62 bits per heavy atom. The van der Waals surface area contributed by atoms with Crippen LogP contribution in [-0.2, 0) is 14.3 Å². The summed E-state index contributed by atoms with van der Waals surface area (Å²) in [6.45, 7) is 3.78. The fourth-order valence-corrected chi connectivity index (χ4v) is 2.62. The fraction of sp³-hybridized carbons (Fsp3) is 0.800. The van der Waals surface area contributed by atoms with Crippen molar-refractivity contribution < 1.29 is 14.3 Å². The smallest absolute Gasteiger partial charge is 0.329 e. The van der Waals surface area contributed by atoms with Gasteiger partial charge in [0.25, 0.3) is 0 Å². The number of carbonyl (C=O) groups is 2. The molecule has 1 heterocycles. The molecule has 2 N–H and O–H groups in total. The lowest BCUT2D eigenvalue weighted by Crippen LogP contribution is -2.51. The first kappa shape index (κ1) is 13.3. The van der Waals surface area contributed by atoms with Crippen LogP contribution in [-0.4, -0.2) is 47.6 Å². The van der Waals surface area contributed by atoms with Crippen LogP contribution in [0.1, 0.15) is 13.8 Å². The van der Waals surface area contributed by atoms with Crippen LogP contribution in [0.25, 0.3) is 0 Å². The maximum Gasteiger partial charge on any atom is 0.329 e. The van der Waals surface area contributed by atoms with Gasteiger partial charge in [0, 0.05) is 5.75 Å². The molecule has 2 atom stereocenters. The van der Waals surface area contributed by atoms with Gasteiger partial charge in [0.2, 0.25) is 5.91 Å². The zero-order chi connectivity index (χ0) is 12.3. The number of esters is 1. The summed E-state index contributed by atoms with van der Waals surface area (Å²) in [5.41, 5.74) is 5.79. The van der Waals surface area contributed by atoms with Crippen LogP contribution in [0.5, 0.6) is 0 Å². The average molecular weight is 246 g/mol. The maximum atomic E-state index is 12.0. The van der Waals surface area contributed by atoms with Gasteiger partial charge in [0.1, 0.15) is 6.04 Å². The van der Waals surface area contributed by atoms with Crippen molar-refractivity contribution in [2.75, 3.05) is 18.7 Å². The molecule has 0 aliphatic carbocycles. The van der Waals surface area contributed by atoms with E-state index in [-0.39, 0.29) is 17.8 Å². The van der Waals surface area contributed by atoms with Gasteiger partial charge < -0.3 is 15.4 Å². The number of thioether (sulfide) groups is 1. The SMILES string of the molecule is COC(=O)[C@@H]1CSCN1C(=O)[C@@H](N)C(C)C. The highest BCUT2D eigenvalue weighted by Gasteiger charge is 2.37. The molecule has 0 saturated carbocycles. The van der Waals surface area contributed by atoms with E-state index in [1.807, 2.05) is 13.8 Å². The van der Waals surface area contributed by atoms with Gasteiger partial charge in [-0.15, -0.1) is 11.8 Å². The Morgan fingerprint density at radius 2 is 2.12 bits per heavy atom. The summed E-state index contributed by atoms with van der Waals surface area (Å²) < 4.78 is 4.67. The zero-order valence-corrected chi connectivity index (χ0v) is 10.6. The maximum absolute atomic E-state index is 12.0. The van der Waals surface area contributed by atoms with Crippen LogP contribution >= 0.6 is 11.8 Å². The van der Waals surface area contributed by atoms with E-state index in [0.29, 0.717) is 11.6 Å². The van der Waals surface area contributed by atoms with Crippen molar-refractivity contribution in [2.45, 2.75) is 25.9 Å². The Labute approximate surface area is 99.7 Å². The molecule has 0 bridgehead atoms. The van der Waals surface area contributed by atoms with E-state index in [4.69, 9.17) is 5.73 Å². The van der Waals surface area contributed by atoms with E-state index < -0.39 is 12.1 Å². The van der Waals surface area contributed by atoms with E-state index in [9.17, 15) is 9.59 Å². The molecule has 1 aliphatic rings. The van der Waals surface area contributed by atoms with E-state index in [2.05, 4.69) is 4.74 Å². The van der Waals surface area contributed by atoms with Gasteiger partial charge in [-0.25, -0.2) is 4.79 Å². The van der Waals surface area contributed by atoms with Crippen molar-refractivity contribution >= 4 is 23.6 Å². The summed E-state index contributed by atoms with van der Waals surface area (Å²) >= 11 is 1.54. The van der Waals surface area contributed by atoms with Crippen LogP contribution in [0, 0.1) is 5.92 Å². The van der Waals surface area contributed by atoms with Crippen molar-refractivity contribution in [1.29, 1.82) is 0 Å². The van der Waals surface area contributed by atoms with E-state index in [0.717, 1.165) is 0 Å². The third kappa shape index (κ3) is 2.68. The Hall–Kier alpha value is -0.750. The number of nitrogens with two attached hydrogens (primary N) is 1. The number of methoxy groups -OCH3 is 1. The predicted molar refractivity (Wildman–Crippen MR) is 62.8 cm³/mol. The minimum absolute atomic E-state index is 0.0661. The quantitative estimate of drug-likeness (QED) is 0.712. The molecule has 5 nitrogen and oxygen atoms in total. The molecular formula is C10H18N2O3S. The molecule has 1 aliphatic heterocycles. The third-order valence-corrected chi connectivity index (χ3v) is 3.65. The number of ether oxygens (including phenoxy) is 1. The van der Waals surface area contributed by atoms with Crippen molar-refractivity contribution in [2.24, 2.45) is 11.7 Å². The number of hydrogen-bond acceptors (Lipinski definition) is 5. The number of carbonyl (C=O) groups excluding carboxylic acids is 2. The molecule has 0 aromatic carbocycles. The molecule has 0 aromatic heterocycles. The molecular weight excluding hydrogens is 228 g/mol. The van der Waals surface area contributed by atoms with Gasteiger partial charge in [-0.1, -0.05) is 13.8 Å². The Balaban J connectivity index is 2.71. The van der Waals surface area contributed by atoms with E-state index >= 15 is 0 Å². The largest absolute Gasteiger partial charge is 0.467 e. The Morgan fingerprint density at radius 1 is 1.50 bits per heavy atom. The summed E-state index contributed by atoms with van der Waals surface area (Å²) in [7, 11) is 1.33. The number of nitrogens with zero attached hydrogens (tertiary/aromatic N) is 1. The summed E-state index contributed by atoms with van der Waals surface area (Å²) in [4.78, 5) is 25.0. The number of rotatable bonds is 3. The van der Waals surface area contributed by atoms with Crippen molar-refractivity contribution in [3.05, 3.63) is 0 Å². The molecule has 1 amide bonds. The van der Waals surface area contributed by atoms with Crippen LogP contribution in [0.4, 0.5) is 0 Å². The second-order valence-corrected chi connectivity index (χ2v) is 5.12. The molecule has 1 fully saturated rings. The lowest BCUT2D eigenvalue weighted by molar-refractivity contribution is -0.151. The minimum atomic E-state index is -0.550. The number of hydrogen-bond donors (Lipinski definition) is 1. The van der Waals surface area contributed by atoms with Crippen LogP contribution in [0.15, 0.2) is 0 Å². The normalized spacial score (nSPS) is 22.3. The summed E-state index contributed by atoms with van der Waals surface area (Å²) in [5.74, 6) is 0.628. The highest BCUT2D eigenvalue weighted by Crippen LogP contribution is 2.23. The highest BCUT2D eigenvalue weighted by molar-refractivity contribution is 7.99. The first-order chi connectivity index (χ1) is 7.49. The molecule has 0 aromatic rings. The van der Waals surface area contributed by atoms with Gasteiger partial charge in [-0.3, -0.25) is 4.79 Å². The van der Waals surface area contributed by atoms with Crippen LogP contribution < -0.4 is 5.73 Å². The molecule has 0 radical (unpaired) electrons. The first-order valence-electron chi connectivity index (χ1n) is 5.20. The molecule has 0 unspecified atom stereocenters. The zero-order valence-electron chi connectivity index (χ0n) is 9.80. The lowest BCUT2D eigenvalue weighted by Gasteiger charge is -2.26. The Kier molecular flexibility index (Phi) is 4.61.